The van der Waals surface area contributed by atoms with E-state index in [0.29, 0.717) is 16.7 Å². The summed E-state index contributed by atoms with van der Waals surface area (Å²) in [6, 6.07) is 7.85. The van der Waals surface area contributed by atoms with Crippen molar-refractivity contribution >= 4 is 28.4 Å². The number of anilines is 1. The van der Waals surface area contributed by atoms with Gasteiger partial charge in [0, 0.05) is 17.2 Å². The number of benzene rings is 2. The second-order valence-electron chi connectivity index (χ2n) is 6.02. The molecule has 7 heteroatoms. The maximum atomic E-state index is 14.3. The summed E-state index contributed by atoms with van der Waals surface area (Å²) in [5.74, 6) is -4.21. The molecular weight excluding hydrogens is 330 g/mol. The van der Waals surface area contributed by atoms with Crippen LogP contribution in [-0.4, -0.2) is 21.7 Å². The largest absolute Gasteiger partial charge is 0.345 e. The summed E-state index contributed by atoms with van der Waals surface area (Å²) < 4.78 is 28.0. The van der Waals surface area contributed by atoms with Gasteiger partial charge >= 0.3 is 0 Å². The fourth-order valence-electron chi connectivity index (χ4n) is 3.32. The summed E-state index contributed by atoms with van der Waals surface area (Å²) in [7, 11) is 0. The molecule has 2 heterocycles. The fraction of sp³-hybridized carbons (Fsp3) is 0.167. The van der Waals surface area contributed by atoms with Crippen molar-refractivity contribution in [2.24, 2.45) is 5.92 Å². The van der Waals surface area contributed by atoms with E-state index in [1.165, 1.54) is 23.4 Å². The summed E-state index contributed by atoms with van der Waals surface area (Å²) in [6.45, 7) is 1.55. The lowest BCUT2D eigenvalue weighted by Gasteiger charge is -2.27. The number of H-pyrrole nitrogens is 1. The third-order valence-corrected chi connectivity index (χ3v) is 4.58. The highest BCUT2D eigenvalue weighted by Gasteiger charge is 2.47. The highest BCUT2D eigenvalue weighted by molar-refractivity contribution is 6.44. The average Bonchev–Trinajstić information content (AvgIpc) is 3.15. The molecule has 5 nitrogen and oxygen atoms in total. The van der Waals surface area contributed by atoms with Gasteiger partial charge in [-0.15, -0.1) is 0 Å². The molecule has 1 aliphatic rings. The van der Waals surface area contributed by atoms with Crippen molar-refractivity contribution in [2.45, 2.75) is 13.0 Å². The fourth-order valence-corrected chi connectivity index (χ4v) is 3.32. The Labute approximate surface area is 141 Å². The smallest absolute Gasteiger partial charge is 0.295 e. The van der Waals surface area contributed by atoms with E-state index in [9.17, 15) is 18.4 Å². The molecule has 0 aliphatic carbocycles. The number of aromatic amines is 1. The third kappa shape index (κ3) is 2.23. The summed E-state index contributed by atoms with van der Waals surface area (Å²) in [5, 5.41) is 0. The first kappa shape index (κ1) is 15.4. The van der Waals surface area contributed by atoms with Crippen LogP contribution in [0.3, 0.4) is 0 Å². The normalized spacial score (nSPS) is 20.7. The Morgan fingerprint density at radius 2 is 2.00 bits per heavy atom. The number of ketones is 1. The number of fused-ring (bicyclic) bond motifs is 1. The number of rotatable bonds is 2. The molecule has 0 bridgehead atoms. The highest BCUT2D eigenvalue weighted by atomic mass is 19.2. The van der Waals surface area contributed by atoms with Crippen LogP contribution in [0, 0.1) is 17.6 Å². The minimum atomic E-state index is -1.05. The molecule has 2 atom stereocenters. The maximum Gasteiger partial charge on any atom is 0.295 e. The second-order valence-corrected chi connectivity index (χ2v) is 6.02. The zero-order valence-electron chi connectivity index (χ0n) is 13.2. The first-order chi connectivity index (χ1) is 12.0. The number of carbonyl (C=O) groups is 2. The van der Waals surface area contributed by atoms with Crippen LogP contribution >= 0.6 is 0 Å². The number of hydrogen-bond donors (Lipinski definition) is 1. The van der Waals surface area contributed by atoms with Crippen LogP contribution in [-0.2, 0) is 9.59 Å². The van der Waals surface area contributed by atoms with E-state index in [0.717, 1.165) is 6.07 Å². The van der Waals surface area contributed by atoms with E-state index in [4.69, 9.17) is 0 Å². The lowest BCUT2D eigenvalue weighted by atomic mass is 9.94. The summed E-state index contributed by atoms with van der Waals surface area (Å²) >= 11 is 0. The molecule has 1 amide bonds. The first-order valence-electron chi connectivity index (χ1n) is 7.73. The van der Waals surface area contributed by atoms with Crippen molar-refractivity contribution in [1.82, 2.24) is 9.97 Å². The Morgan fingerprint density at radius 1 is 1.20 bits per heavy atom. The lowest BCUT2D eigenvalue weighted by Crippen LogP contribution is -2.30. The number of hydrogen-bond acceptors (Lipinski definition) is 3. The second kappa shape index (κ2) is 5.47. The molecule has 1 N–H and O–H groups in total. The highest BCUT2D eigenvalue weighted by Crippen LogP contribution is 2.41. The third-order valence-electron chi connectivity index (χ3n) is 4.58. The number of aromatic nitrogens is 2. The van der Waals surface area contributed by atoms with Crippen molar-refractivity contribution in [3.8, 4) is 0 Å². The van der Waals surface area contributed by atoms with Gasteiger partial charge in [0.25, 0.3) is 5.91 Å². The molecule has 1 aromatic heterocycles. The number of carbonyl (C=O) groups excluding carboxylic acids is 2. The molecule has 1 saturated heterocycles. The van der Waals surface area contributed by atoms with E-state index < -0.39 is 35.3 Å². The molecule has 4 rings (SSSR count). The summed E-state index contributed by atoms with van der Waals surface area (Å²) in [5.41, 5.74) is 1.78. The Hall–Kier alpha value is -3.09. The zero-order valence-corrected chi connectivity index (χ0v) is 13.2. The number of nitrogens with zero attached hydrogens (tertiary/aromatic N) is 2. The predicted octanol–water partition coefficient (Wildman–Crippen LogP) is 3.13. The topological polar surface area (TPSA) is 66.1 Å². The van der Waals surface area contributed by atoms with Crippen LogP contribution in [0.4, 0.5) is 14.5 Å². The van der Waals surface area contributed by atoms with Crippen LogP contribution in [0.2, 0.25) is 0 Å². The molecule has 1 fully saturated rings. The Bertz CT molecular complexity index is 1010. The molecule has 1 aliphatic heterocycles. The van der Waals surface area contributed by atoms with Crippen LogP contribution in [0.15, 0.2) is 42.7 Å². The molecule has 3 aromatic rings. The molecule has 0 radical (unpaired) electrons. The van der Waals surface area contributed by atoms with Crippen molar-refractivity contribution in [3.63, 3.8) is 0 Å². The molecule has 0 spiro atoms. The number of nitrogens with one attached hydrogen (secondary N) is 1. The Morgan fingerprint density at radius 3 is 2.80 bits per heavy atom. The minimum Gasteiger partial charge on any atom is -0.345 e. The Balaban J connectivity index is 1.89. The molecular formula is C18H13F2N3O2. The van der Waals surface area contributed by atoms with Crippen LogP contribution < -0.4 is 4.90 Å². The van der Waals surface area contributed by atoms with E-state index in [1.807, 2.05) is 0 Å². The van der Waals surface area contributed by atoms with E-state index in [-0.39, 0.29) is 5.56 Å². The van der Waals surface area contributed by atoms with Gasteiger partial charge in [0.2, 0.25) is 5.78 Å². The van der Waals surface area contributed by atoms with Gasteiger partial charge in [0.05, 0.1) is 23.4 Å². The molecule has 0 saturated carbocycles. The van der Waals surface area contributed by atoms with Gasteiger partial charge < -0.3 is 4.98 Å². The zero-order chi connectivity index (χ0) is 17.7. The lowest BCUT2D eigenvalue weighted by molar-refractivity contribution is -0.135. The van der Waals surface area contributed by atoms with Crippen molar-refractivity contribution in [2.75, 3.05) is 4.90 Å². The van der Waals surface area contributed by atoms with Gasteiger partial charge in [-0.3, -0.25) is 14.5 Å². The molecule has 25 heavy (non-hydrogen) atoms. The number of imidazole rings is 1. The van der Waals surface area contributed by atoms with Gasteiger partial charge in [-0.25, -0.2) is 13.8 Å². The van der Waals surface area contributed by atoms with Crippen molar-refractivity contribution < 1.29 is 18.4 Å². The molecule has 126 valence electrons. The monoisotopic (exact) mass is 343 g/mol. The SMILES string of the molecule is CC1C(=O)C(=O)N(c2ccc3n[14cH][nH]c3c2)C1c1cccc(F)c1F. The van der Waals surface area contributed by atoms with Crippen LogP contribution in [0.5, 0.6) is 0 Å². The van der Waals surface area contributed by atoms with Gasteiger partial charge in [-0.2, -0.15) is 0 Å². The van der Waals surface area contributed by atoms with E-state index in [1.54, 1.807) is 25.1 Å². The summed E-state index contributed by atoms with van der Waals surface area (Å²) in [4.78, 5) is 33.0. The number of amides is 1. The standard InChI is InChI=1S/C18H13F2N3O2/c1-9-16(11-3-2-4-12(19)15(11)20)23(18(25)17(9)24)10-5-6-13-14(7-10)22-8-21-13/h2-9,16H,1H3,(H,21,22)/i8+2. The van der Waals surface area contributed by atoms with E-state index in [2.05, 4.69) is 9.97 Å². The van der Waals surface area contributed by atoms with Gasteiger partial charge in [0.1, 0.15) is 0 Å². The number of halogens is 2. The first-order valence-corrected chi connectivity index (χ1v) is 7.73. The van der Waals surface area contributed by atoms with Crippen molar-refractivity contribution in [1.29, 1.82) is 0 Å². The molecule has 2 unspecified atom stereocenters. The Kier molecular flexibility index (Phi) is 3.38. The number of Topliss-reactive ketones (excluding diaryl/α,β-unsaturated/α-hetero) is 1. The van der Waals surface area contributed by atoms with Crippen molar-refractivity contribution in [3.05, 3.63) is 59.9 Å². The van der Waals surface area contributed by atoms with Crippen LogP contribution in [0.25, 0.3) is 11.0 Å². The van der Waals surface area contributed by atoms with Crippen LogP contribution in [0.1, 0.15) is 18.5 Å². The van der Waals surface area contributed by atoms with E-state index >= 15 is 0 Å². The van der Waals surface area contributed by atoms with Gasteiger partial charge in [0.15, 0.2) is 11.6 Å². The average molecular weight is 343 g/mol. The quantitative estimate of drug-likeness (QED) is 0.727. The summed E-state index contributed by atoms with van der Waals surface area (Å²) in [6.07, 6.45) is 1.51. The minimum absolute atomic E-state index is 0.0172. The van der Waals surface area contributed by atoms with Gasteiger partial charge in [-0.1, -0.05) is 19.1 Å². The predicted molar refractivity (Wildman–Crippen MR) is 86.8 cm³/mol. The van der Waals surface area contributed by atoms with Gasteiger partial charge in [-0.05, 0) is 24.3 Å². The maximum absolute atomic E-state index is 14.3. The molecule has 2 aromatic carbocycles.